The van der Waals surface area contributed by atoms with Gasteiger partial charge in [-0.05, 0) is 140 Å². The van der Waals surface area contributed by atoms with Crippen LogP contribution in [0.25, 0.3) is 105 Å². The minimum Gasteiger partial charge on any atom is -0.456 e. The molecule has 3 heteroatoms. The van der Waals surface area contributed by atoms with E-state index in [1.807, 2.05) is 12.1 Å². The fraction of sp³-hybridized carbons (Fsp3) is 0. The Labute approximate surface area is 388 Å². The Morgan fingerprint density at radius 1 is 0.269 bits per heavy atom. The third kappa shape index (κ3) is 6.84. The molecule has 13 rings (SSSR count). The average molecular weight is 855 g/mol. The standard InChI is InChI=1S/C64H42N2O/c1-2-11-49-40-51(25-24-43(49)10-1)46-22-20-44(21-23-46)45-26-33-53(34-27-45)65(55-37-30-48(31-38-55)52-32-39-60-59-16-5-8-19-63(59)67-64(60)42-52)54-35-28-47(29-36-54)50-12-9-13-56(41-50)66-61-17-6-3-14-57(61)58-15-4-7-18-62(58)66/h1-42H. The lowest BCUT2D eigenvalue weighted by molar-refractivity contribution is 0.669. The van der Waals surface area contributed by atoms with E-state index >= 15 is 0 Å². The van der Waals surface area contributed by atoms with Gasteiger partial charge in [0.1, 0.15) is 11.2 Å². The van der Waals surface area contributed by atoms with Crippen LogP contribution in [-0.4, -0.2) is 4.57 Å². The molecule has 0 aliphatic heterocycles. The molecule has 0 fully saturated rings. The van der Waals surface area contributed by atoms with Crippen LogP contribution in [0, 0.1) is 0 Å². The molecule has 0 aliphatic carbocycles. The number of hydrogen-bond acceptors (Lipinski definition) is 2. The predicted octanol–water partition coefficient (Wildman–Crippen LogP) is 18.0. The number of nitrogens with zero attached hydrogens (tertiary/aromatic N) is 2. The molecule has 0 unspecified atom stereocenters. The van der Waals surface area contributed by atoms with Gasteiger partial charge in [-0.2, -0.15) is 0 Å². The van der Waals surface area contributed by atoms with Gasteiger partial charge in [0.2, 0.25) is 0 Å². The molecule has 3 nitrogen and oxygen atoms in total. The lowest BCUT2D eigenvalue weighted by Crippen LogP contribution is -2.09. The van der Waals surface area contributed by atoms with E-state index in [4.69, 9.17) is 4.42 Å². The summed E-state index contributed by atoms with van der Waals surface area (Å²) in [5.41, 5.74) is 17.9. The monoisotopic (exact) mass is 854 g/mol. The molecule has 13 aromatic rings. The maximum atomic E-state index is 6.27. The van der Waals surface area contributed by atoms with Gasteiger partial charge in [-0.15, -0.1) is 0 Å². The van der Waals surface area contributed by atoms with Crippen molar-refractivity contribution in [3.8, 4) is 50.2 Å². The van der Waals surface area contributed by atoms with Gasteiger partial charge in [-0.3, -0.25) is 0 Å². The van der Waals surface area contributed by atoms with E-state index in [1.165, 1.54) is 60.4 Å². The molecular formula is C64H42N2O. The Kier molecular flexibility index (Phi) is 9.17. The van der Waals surface area contributed by atoms with Crippen LogP contribution in [0.1, 0.15) is 0 Å². The molecule has 314 valence electrons. The maximum Gasteiger partial charge on any atom is 0.136 e. The van der Waals surface area contributed by atoms with Crippen LogP contribution in [-0.2, 0) is 0 Å². The molecule has 0 spiro atoms. The summed E-state index contributed by atoms with van der Waals surface area (Å²) in [4.78, 5) is 2.34. The van der Waals surface area contributed by atoms with E-state index in [0.717, 1.165) is 61.4 Å². The number of furan rings is 1. The first kappa shape index (κ1) is 38.5. The molecule has 2 aromatic heterocycles. The predicted molar refractivity (Wildman–Crippen MR) is 282 cm³/mol. The van der Waals surface area contributed by atoms with Crippen molar-refractivity contribution in [2.75, 3.05) is 4.90 Å². The van der Waals surface area contributed by atoms with Crippen LogP contribution in [0.5, 0.6) is 0 Å². The van der Waals surface area contributed by atoms with Gasteiger partial charge in [0.05, 0.1) is 11.0 Å². The first-order valence-electron chi connectivity index (χ1n) is 22.9. The van der Waals surface area contributed by atoms with Crippen LogP contribution >= 0.6 is 0 Å². The topological polar surface area (TPSA) is 21.3 Å². The van der Waals surface area contributed by atoms with Gasteiger partial charge in [0.25, 0.3) is 0 Å². The third-order valence-corrected chi connectivity index (χ3v) is 13.4. The summed E-state index contributed by atoms with van der Waals surface area (Å²) in [5, 5.41) is 7.30. The SMILES string of the molecule is c1cc(-c2ccc(N(c3ccc(-c4ccc(-c5ccc6ccccc6c5)cc4)cc3)c3ccc(-c4ccc5c(c4)oc4ccccc45)cc3)cc2)cc(-n2c3ccccc3c3ccccc32)c1. The summed E-state index contributed by atoms with van der Waals surface area (Å²) in [7, 11) is 0. The van der Waals surface area contributed by atoms with Gasteiger partial charge in [-0.25, -0.2) is 0 Å². The van der Waals surface area contributed by atoms with Crippen molar-refractivity contribution < 1.29 is 4.42 Å². The van der Waals surface area contributed by atoms with Gasteiger partial charge in [0, 0.05) is 44.3 Å². The number of para-hydroxylation sites is 3. The fourth-order valence-electron chi connectivity index (χ4n) is 10.0. The number of rotatable bonds is 8. The molecule has 0 atom stereocenters. The number of aromatic nitrogens is 1. The molecule has 0 amide bonds. The first-order chi connectivity index (χ1) is 33.2. The summed E-state index contributed by atoms with van der Waals surface area (Å²) in [6.45, 7) is 0. The van der Waals surface area contributed by atoms with Crippen molar-refractivity contribution in [3.63, 3.8) is 0 Å². The van der Waals surface area contributed by atoms with E-state index in [1.54, 1.807) is 0 Å². The first-order valence-corrected chi connectivity index (χ1v) is 22.9. The molecule has 0 aliphatic rings. The van der Waals surface area contributed by atoms with Crippen molar-refractivity contribution in [3.05, 3.63) is 255 Å². The van der Waals surface area contributed by atoms with E-state index in [0.29, 0.717) is 0 Å². The Balaban J connectivity index is 0.843. The molecule has 2 heterocycles. The van der Waals surface area contributed by atoms with Crippen LogP contribution in [0.2, 0.25) is 0 Å². The van der Waals surface area contributed by atoms with Crippen LogP contribution in [0.15, 0.2) is 259 Å². The van der Waals surface area contributed by atoms with Gasteiger partial charge < -0.3 is 13.9 Å². The molecule has 0 N–H and O–H groups in total. The van der Waals surface area contributed by atoms with Crippen molar-refractivity contribution in [2.24, 2.45) is 0 Å². The minimum absolute atomic E-state index is 0.897. The molecule has 0 radical (unpaired) electrons. The summed E-state index contributed by atoms with van der Waals surface area (Å²) in [5.74, 6) is 0. The Morgan fingerprint density at radius 3 is 1.31 bits per heavy atom. The molecule has 0 saturated heterocycles. The molecule has 67 heavy (non-hydrogen) atoms. The highest BCUT2D eigenvalue weighted by atomic mass is 16.3. The highest BCUT2D eigenvalue weighted by molar-refractivity contribution is 6.09. The van der Waals surface area contributed by atoms with Gasteiger partial charge in [-0.1, -0.05) is 170 Å². The highest BCUT2D eigenvalue weighted by Gasteiger charge is 2.16. The van der Waals surface area contributed by atoms with Crippen molar-refractivity contribution in [1.82, 2.24) is 4.57 Å². The summed E-state index contributed by atoms with van der Waals surface area (Å²) >= 11 is 0. The lowest BCUT2D eigenvalue weighted by atomic mass is 9.98. The number of anilines is 3. The van der Waals surface area contributed by atoms with E-state index in [-0.39, 0.29) is 0 Å². The quantitative estimate of drug-likeness (QED) is 0.152. The normalized spacial score (nSPS) is 11.6. The van der Waals surface area contributed by atoms with Crippen LogP contribution in [0.3, 0.4) is 0 Å². The zero-order valence-corrected chi connectivity index (χ0v) is 36.6. The molecule has 0 saturated carbocycles. The second-order valence-corrected chi connectivity index (χ2v) is 17.3. The summed E-state index contributed by atoms with van der Waals surface area (Å²) in [6.07, 6.45) is 0. The Bertz CT molecular complexity index is 3900. The highest BCUT2D eigenvalue weighted by Crippen LogP contribution is 2.40. The summed E-state index contributed by atoms with van der Waals surface area (Å²) in [6, 6.07) is 91.9. The smallest absolute Gasteiger partial charge is 0.136 e. The fourth-order valence-corrected chi connectivity index (χ4v) is 10.0. The number of hydrogen-bond donors (Lipinski definition) is 0. The van der Waals surface area contributed by atoms with Crippen molar-refractivity contribution in [1.29, 1.82) is 0 Å². The molecule has 11 aromatic carbocycles. The van der Waals surface area contributed by atoms with Crippen LogP contribution in [0.4, 0.5) is 17.1 Å². The van der Waals surface area contributed by atoms with Gasteiger partial charge in [0.15, 0.2) is 0 Å². The largest absolute Gasteiger partial charge is 0.456 e. The van der Waals surface area contributed by atoms with E-state index < -0.39 is 0 Å². The molecular weight excluding hydrogens is 813 g/mol. The van der Waals surface area contributed by atoms with Crippen molar-refractivity contribution >= 4 is 71.6 Å². The van der Waals surface area contributed by atoms with E-state index in [9.17, 15) is 0 Å². The second-order valence-electron chi connectivity index (χ2n) is 17.3. The number of benzene rings is 11. The summed E-state index contributed by atoms with van der Waals surface area (Å²) < 4.78 is 8.65. The zero-order chi connectivity index (χ0) is 44.3. The van der Waals surface area contributed by atoms with Crippen LogP contribution < -0.4 is 4.90 Å². The second kappa shape index (κ2) is 16.0. The minimum atomic E-state index is 0.897. The number of fused-ring (bicyclic) bond motifs is 7. The third-order valence-electron chi connectivity index (χ3n) is 13.4. The van der Waals surface area contributed by atoms with Crippen molar-refractivity contribution in [2.45, 2.75) is 0 Å². The average Bonchev–Trinajstić information content (AvgIpc) is 3.95. The molecule has 0 bridgehead atoms. The maximum absolute atomic E-state index is 6.27. The Morgan fingerprint density at radius 2 is 0.701 bits per heavy atom. The Hall–Kier alpha value is -8.92. The lowest BCUT2D eigenvalue weighted by Gasteiger charge is -2.26. The van der Waals surface area contributed by atoms with E-state index in [2.05, 4.69) is 252 Å². The van der Waals surface area contributed by atoms with Gasteiger partial charge >= 0.3 is 0 Å². The zero-order valence-electron chi connectivity index (χ0n) is 36.6.